The molecule has 3 N–H and O–H groups in total. The molecule has 22 heavy (non-hydrogen) atoms. The maximum Gasteiger partial charge on any atom is 0.316 e. The lowest BCUT2D eigenvalue weighted by molar-refractivity contribution is 0.100. The number of hydrogen-bond acceptors (Lipinski definition) is 5. The molecule has 0 aliphatic carbocycles. The molecule has 0 saturated carbocycles. The smallest absolute Gasteiger partial charge is 0.316 e. The van der Waals surface area contributed by atoms with Gasteiger partial charge in [0.25, 0.3) is 0 Å². The molecule has 0 unspecified atom stereocenters. The van der Waals surface area contributed by atoms with Crippen LogP contribution >= 0.6 is 0 Å². The molecule has 1 amide bonds. The number of benzene rings is 2. The molecule has 1 heterocycles. The highest BCUT2D eigenvalue weighted by Crippen LogP contribution is 2.37. The van der Waals surface area contributed by atoms with Gasteiger partial charge in [-0.2, -0.15) is 0 Å². The zero-order valence-corrected chi connectivity index (χ0v) is 11.1. The van der Waals surface area contributed by atoms with Gasteiger partial charge in [0.2, 0.25) is 11.8 Å². The van der Waals surface area contributed by atoms with Crippen molar-refractivity contribution in [3.05, 3.63) is 52.9 Å². The third-order valence-electron chi connectivity index (χ3n) is 3.45. The van der Waals surface area contributed by atoms with Gasteiger partial charge in [-0.3, -0.25) is 4.79 Å². The lowest BCUT2D eigenvalue weighted by Gasteiger charge is -2.03. The molecular weight excluding hydrogens is 288 g/mol. The summed E-state index contributed by atoms with van der Waals surface area (Å²) in [6, 6.07) is 11.0. The highest BCUT2D eigenvalue weighted by molar-refractivity contribution is 5.97. The van der Waals surface area contributed by atoms with Crippen LogP contribution in [0.3, 0.4) is 0 Å². The van der Waals surface area contributed by atoms with Crippen molar-refractivity contribution in [1.29, 1.82) is 0 Å². The lowest BCUT2D eigenvalue weighted by atomic mass is 10.0. The van der Waals surface area contributed by atoms with Gasteiger partial charge in [-0.1, -0.05) is 18.2 Å². The molecule has 1 aromatic heterocycles. The average Bonchev–Trinajstić information content (AvgIpc) is 2.78. The number of fused-ring (bicyclic) bond motifs is 1. The summed E-state index contributed by atoms with van der Waals surface area (Å²) in [5.74, 6) is -1.76. The second-order valence-electron chi connectivity index (χ2n) is 4.69. The van der Waals surface area contributed by atoms with E-state index in [4.69, 9.17) is 0 Å². The van der Waals surface area contributed by atoms with Crippen molar-refractivity contribution in [2.45, 2.75) is 0 Å². The molecule has 2 aromatic carbocycles. The number of carbonyl (C=O) groups is 1. The number of hydrogen-bond donors (Lipinski definition) is 3. The van der Waals surface area contributed by atoms with Crippen LogP contribution in [0.15, 0.2) is 47.6 Å². The fraction of sp³-hybridized carbons (Fsp3) is 0. The zero-order chi connectivity index (χ0) is 15.9. The Morgan fingerprint density at radius 2 is 1.50 bits per heavy atom. The lowest BCUT2D eigenvalue weighted by Crippen LogP contribution is -1.92. The van der Waals surface area contributed by atoms with Gasteiger partial charge in [-0.15, -0.1) is 9.64 Å². The van der Waals surface area contributed by atoms with E-state index in [-0.39, 0.29) is 10.9 Å². The van der Waals surface area contributed by atoms with Crippen LogP contribution in [-0.2, 0) is 0 Å². The largest absolute Gasteiger partial charge is 0.492 e. The summed E-state index contributed by atoms with van der Waals surface area (Å²) < 4.78 is 0.298. The first-order valence-electron chi connectivity index (χ1n) is 6.26. The summed E-state index contributed by atoms with van der Waals surface area (Å²) in [5, 5.41) is 31.8. The quantitative estimate of drug-likeness (QED) is 0.497. The Bertz CT molecular complexity index is 896. The Balaban J connectivity index is 2.08. The first-order chi connectivity index (χ1) is 10.5. The van der Waals surface area contributed by atoms with Crippen molar-refractivity contribution in [3.63, 3.8) is 0 Å². The van der Waals surface area contributed by atoms with Crippen LogP contribution in [0.4, 0.5) is 0 Å². The highest BCUT2D eigenvalue weighted by atomic mass is 16.5. The van der Waals surface area contributed by atoms with Gasteiger partial charge in [0.05, 0.1) is 10.8 Å². The SMILES string of the molecule is O=NC(=O)c1ccc(-c2ccc3c(O)n(O)c(O)c3c2)cc1. The van der Waals surface area contributed by atoms with Crippen LogP contribution in [0, 0.1) is 4.91 Å². The van der Waals surface area contributed by atoms with Gasteiger partial charge in [0.15, 0.2) is 0 Å². The van der Waals surface area contributed by atoms with Crippen molar-refractivity contribution in [2.24, 2.45) is 5.18 Å². The number of aromatic hydroxyl groups is 2. The van der Waals surface area contributed by atoms with E-state index in [9.17, 15) is 25.1 Å². The van der Waals surface area contributed by atoms with E-state index in [0.29, 0.717) is 15.7 Å². The molecule has 0 fully saturated rings. The first-order valence-corrected chi connectivity index (χ1v) is 6.26. The van der Waals surface area contributed by atoms with Gasteiger partial charge in [-0.25, -0.2) is 0 Å². The standard InChI is InChI=1S/C15H10N2O5/c18-13(16-21)9-3-1-8(2-4-9)10-5-6-11-12(7-10)15(20)17(22)14(11)19/h1-7,19-20,22H. The molecule has 3 rings (SSSR count). The van der Waals surface area contributed by atoms with E-state index in [0.717, 1.165) is 5.56 Å². The van der Waals surface area contributed by atoms with E-state index in [2.05, 4.69) is 5.18 Å². The first kappa shape index (κ1) is 13.6. The molecule has 0 atom stereocenters. The van der Waals surface area contributed by atoms with Crippen molar-refractivity contribution in [3.8, 4) is 22.9 Å². The Morgan fingerprint density at radius 3 is 2.14 bits per heavy atom. The van der Waals surface area contributed by atoms with Crippen LogP contribution in [0.25, 0.3) is 21.9 Å². The van der Waals surface area contributed by atoms with Crippen molar-refractivity contribution >= 4 is 16.7 Å². The Hall–Kier alpha value is -3.35. The van der Waals surface area contributed by atoms with E-state index >= 15 is 0 Å². The van der Waals surface area contributed by atoms with Gasteiger partial charge >= 0.3 is 5.91 Å². The Labute approximate surface area is 123 Å². The van der Waals surface area contributed by atoms with Crippen LogP contribution in [0.5, 0.6) is 11.8 Å². The van der Waals surface area contributed by atoms with Gasteiger partial charge in [0.1, 0.15) is 0 Å². The molecule has 7 nitrogen and oxygen atoms in total. The molecule has 0 saturated heterocycles. The Kier molecular flexibility index (Phi) is 3.03. The van der Waals surface area contributed by atoms with Gasteiger partial charge in [-0.05, 0) is 35.4 Å². The summed E-state index contributed by atoms with van der Waals surface area (Å²) in [7, 11) is 0. The summed E-state index contributed by atoms with van der Waals surface area (Å²) >= 11 is 0. The highest BCUT2D eigenvalue weighted by Gasteiger charge is 2.16. The van der Waals surface area contributed by atoms with Gasteiger partial charge < -0.3 is 15.4 Å². The van der Waals surface area contributed by atoms with E-state index < -0.39 is 17.7 Å². The molecular formula is C15H10N2O5. The number of carbonyl (C=O) groups excluding carboxylic acids is 1. The van der Waals surface area contributed by atoms with Crippen molar-refractivity contribution in [1.82, 2.24) is 4.73 Å². The molecule has 3 aromatic rings. The third-order valence-corrected chi connectivity index (χ3v) is 3.45. The number of nitrogens with zero attached hydrogens (tertiary/aromatic N) is 2. The van der Waals surface area contributed by atoms with Crippen LogP contribution in [-0.4, -0.2) is 26.1 Å². The monoisotopic (exact) mass is 298 g/mol. The minimum atomic E-state index is -0.845. The molecule has 7 heteroatoms. The fourth-order valence-corrected chi connectivity index (χ4v) is 2.29. The molecule has 0 bridgehead atoms. The summed E-state index contributed by atoms with van der Waals surface area (Å²) in [4.78, 5) is 21.4. The minimum Gasteiger partial charge on any atom is -0.492 e. The van der Waals surface area contributed by atoms with E-state index in [1.54, 1.807) is 30.3 Å². The van der Waals surface area contributed by atoms with Crippen molar-refractivity contribution in [2.75, 3.05) is 0 Å². The van der Waals surface area contributed by atoms with Crippen LogP contribution in [0.1, 0.15) is 10.4 Å². The number of rotatable bonds is 2. The zero-order valence-electron chi connectivity index (χ0n) is 11.1. The normalized spacial score (nSPS) is 10.7. The molecule has 0 spiro atoms. The summed E-state index contributed by atoms with van der Waals surface area (Å²) in [6.45, 7) is 0. The second kappa shape index (κ2) is 4.88. The number of nitroso groups, excluding NO2 is 1. The summed E-state index contributed by atoms with van der Waals surface area (Å²) in [5.41, 5.74) is 1.61. The topological polar surface area (TPSA) is 112 Å². The maximum atomic E-state index is 11.2. The number of aromatic nitrogens is 1. The van der Waals surface area contributed by atoms with Crippen LogP contribution in [0.2, 0.25) is 0 Å². The third kappa shape index (κ3) is 1.96. The van der Waals surface area contributed by atoms with Crippen LogP contribution < -0.4 is 0 Å². The fourth-order valence-electron chi connectivity index (χ4n) is 2.29. The minimum absolute atomic E-state index is 0.182. The molecule has 0 radical (unpaired) electrons. The molecule has 0 aliphatic rings. The maximum absolute atomic E-state index is 11.2. The Morgan fingerprint density at radius 1 is 0.909 bits per heavy atom. The van der Waals surface area contributed by atoms with E-state index in [1.807, 2.05) is 0 Å². The predicted molar refractivity (Wildman–Crippen MR) is 78.0 cm³/mol. The second-order valence-corrected chi connectivity index (χ2v) is 4.69. The molecule has 0 aliphatic heterocycles. The summed E-state index contributed by atoms with van der Waals surface area (Å²) in [6.07, 6.45) is 0. The average molecular weight is 298 g/mol. The van der Waals surface area contributed by atoms with Gasteiger partial charge in [0, 0.05) is 10.7 Å². The molecule has 110 valence electrons. The van der Waals surface area contributed by atoms with Crippen molar-refractivity contribution < 1.29 is 20.2 Å². The van der Waals surface area contributed by atoms with E-state index in [1.165, 1.54) is 12.1 Å². The predicted octanol–water partition coefficient (Wildman–Crippen LogP) is 2.86. The number of amides is 1.